The van der Waals surface area contributed by atoms with Crippen molar-refractivity contribution in [2.45, 2.75) is 37.5 Å². The molecule has 0 heterocycles. The number of hydrogen-bond donors (Lipinski definition) is 0. The van der Waals surface area contributed by atoms with Gasteiger partial charge in [-0.25, -0.2) is 8.42 Å². The van der Waals surface area contributed by atoms with Gasteiger partial charge in [0.05, 0.1) is 9.79 Å². The number of benzene rings is 6. The predicted molar refractivity (Wildman–Crippen MR) is 179 cm³/mol. The molecule has 3 heteroatoms. The van der Waals surface area contributed by atoms with Gasteiger partial charge >= 0.3 is 0 Å². The van der Waals surface area contributed by atoms with Gasteiger partial charge in [-0.15, -0.1) is 0 Å². The van der Waals surface area contributed by atoms with Crippen LogP contribution in [0, 0.1) is 27.7 Å². The van der Waals surface area contributed by atoms with Gasteiger partial charge in [0.25, 0.3) is 0 Å². The quantitative estimate of drug-likeness (QED) is 0.197. The Morgan fingerprint density at radius 2 is 0.581 bits per heavy atom. The second-order valence-corrected chi connectivity index (χ2v) is 13.2. The molecule has 0 amide bonds. The Hall–Kier alpha value is -4.73. The SMILES string of the molecule is Cc1ccccc1-c1cc(-c2ccccc2C)cc(S(=O)(=O)c2cc(-c3ccccc3C)cc(-c3ccccc3C)c2)c1. The standard InChI is InChI=1S/C40H34O2S/c1-27-13-5-9-17-37(27)31-21-32(38-18-10-6-14-28(38)2)24-35(23-31)43(41,42)36-25-33(39-19-11-7-15-29(39)3)22-34(26-36)40-20-12-8-16-30(40)4/h5-26H,1-4H3. The van der Waals surface area contributed by atoms with E-state index in [4.69, 9.17) is 0 Å². The third-order valence-electron chi connectivity index (χ3n) is 8.26. The van der Waals surface area contributed by atoms with Gasteiger partial charge < -0.3 is 0 Å². The van der Waals surface area contributed by atoms with Crippen molar-refractivity contribution in [2.24, 2.45) is 0 Å². The summed E-state index contributed by atoms with van der Waals surface area (Å²) in [7, 11) is -3.91. The first-order valence-electron chi connectivity index (χ1n) is 14.5. The molecule has 0 N–H and O–H groups in total. The zero-order chi connectivity index (χ0) is 30.1. The molecule has 6 aromatic carbocycles. The molecule has 0 aliphatic carbocycles. The molecule has 212 valence electrons. The zero-order valence-electron chi connectivity index (χ0n) is 24.9. The fourth-order valence-corrected chi connectivity index (χ4v) is 7.25. The van der Waals surface area contributed by atoms with E-state index in [1.54, 1.807) is 0 Å². The van der Waals surface area contributed by atoms with Gasteiger partial charge in [0, 0.05) is 0 Å². The molecule has 6 aromatic rings. The highest BCUT2D eigenvalue weighted by molar-refractivity contribution is 7.91. The van der Waals surface area contributed by atoms with E-state index >= 15 is 0 Å². The van der Waals surface area contributed by atoms with Crippen LogP contribution >= 0.6 is 0 Å². The third kappa shape index (κ3) is 5.57. The van der Waals surface area contributed by atoms with E-state index in [-0.39, 0.29) is 9.79 Å². The number of rotatable bonds is 6. The second-order valence-electron chi connectivity index (χ2n) is 11.3. The van der Waals surface area contributed by atoms with Crippen LogP contribution in [0.3, 0.4) is 0 Å². The minimum Gasteiger partial charge on any atom is -0.219 e. The zero-order valence-corrected chi connectivity index (χ0v) is 25.7. The Bertz CT molecular complexity index is 1810. The van der Waals surface area contributed by atoms with Crippen LogP contribution in [-0.4, -0.2) is 8.42 Å². The molecule has 0 saturated heterocycles. The van der Waals surface area contributed by atoms with Crippen LogP contribution in [0.4, 0.5) is 0 Å². The monoisotopic (exact) mass is 578 g/mol. The lowest BCUT2D eigenvalue weighted by atomic mass is 9.94. The van der Waals surface area contributed by atoms with Crippen LogP contribution in [0.15, 0.2) is 143 Å². The minimum atomic E-state index is -3.91. The number of hydrogen-bond acceptors (Lipinski definition) is 2. The molecule has 0 bridgehead atoms. The van der Waals surface area contributed by atoms with Crippen molar-refractivity contribution in [1.82, 2.24) is 0 Å². The maximum Gasteiger partial charge on any atom is 0.206 e. The van der Waals surface area contributed by atoms with E-state index in [1.807, 2.05) is 72.8 Å². The fourth-order valence-electron chi connectivity index (χ4n) is 5.85. The van der Waals surface area contributed by atoms with E-state index in [9.17, 15) is 8.42 Å². The molecule has 0 aromatic heterocycles. The summed E-state index contributed by atoms with van der Waals surface area (Å²) < 4.78 is 29.4. The molecule has 43 heavy (non-hydrogen) atoms. The first-order valence-corrected chi connectivity index (χ1v) is 16.0. The second kappa shape index (κ2) is 11.5. The molecule has 0 aliphatic heterocycles. The van der Waals surface area contributed by atoms with Gasteiger partial charge in [0.2, 0.25) is 9.84 Å². The van der Waals surface area contributed by atoms with Crippen LogP contribution < -0.4 is 0 Å². The van der Waals surface area contributed by atoms with Crippen molar-refractivity contribution in [3.05, 3.63) is 156 Å². The molecule has 0 spiro atoms. The van der Waals surface area contributed by atoms with Gasteiger partial charge in [0.1, 0.15) is 0 Å². The van der Waals surface area contributed by atoms with Crippen molar-refractivity contribution in [3.8, 4) is 44.5 Å². The van der Waals surface area contributed by atoms with Crippen molar-refractivity contribution in [2.75, 3.05) is 0 Å². The predicted octanol–water partition coefficient (Wildman–Crippen LogP) is 10.4. The lowest BCUT2D eigenvalue weighted by molar-refractivity contribution is 0.596. The number of sulfone groups is 1. The maximum absolute atomic E-state index is 14.7. The van der Waals surface area contributed by atoms with E-state index < -0.39 is 9.84 Å². The Balaban J connectivity index is 1.62. The van der Waals surface area contributed by atoms with Crippen molar-refractivity contribution >= 4 is 9.84 Å². The molecular weight excluding hydrogens is 545 g/mol. The molecule has 6 rings (SSSR count). The molecular formula is C40H34O2S. The summed E-state index contributed by atoms with van der Waals surface area (Å²) in [5.74, 6) is 0. The van der Waals surface area contributed by atoms with Crippen LogP contribution in [0.25, 0.3) is 44.5 Å². The Morgan fingerprint density at radius 1 is 0.349 bits per heavy atom. The number of aryl methyl sites for hydroxylation is 4. The average Bonchev–Trinajstić information content (AvgIpc) is 3.01. The minimum absolute atomic E-state index is 0.282. The highest BCUT2D eigenvalue weighted by Crippen LogP contribution is 2.38. The summed E-state index contributed by atoms with van der Waals surface area (Å²) in [6.45, 7) is 8.24. The Kier molecular flexibility index (Phi) is 7.60. The van der Waals surface area contributed by atoms with E-state index in [0.717, 1.165) is 66.8 Å². The van der Waals surface area contributed by atoms with Gasteiger partial charge in [0.15, 0.2) is 0 Å². The van der Waals surface area contributed by atoms with Crippen LogP contribution in [-0.2, 0) is 9.84 Å². The summed E-state index contributed by atoms with van der Waals surface area (Å²) in [5.41, 5.74) is 12.0. The summed E-state index contributed by atoms with van der Waals surface area (Å²) >= 11 is 0. The van der Waals surface area contributed by atoms with Crippen molar-refractivity contribution in [1.29, 1.82) is 0 Å². The van der Waals surface area contributed by atoms with Gasteiger partial charge in [-0.05, 0) is 131 Å². The summed E-state index contributed by atoms with van der Waals surface area (Å²) in [5, 5.41) is 0. The summed E-state index contributed by atoms with van der Waals surface area (Å²) in [4.78, 5) is 0.563. The van der Waals surface area contributed by atoms with Gasteiger partial charge in [-0.1, -0.05) is 97.1 Å². The maximum atomic E-state index is 14.7. The highest BCUT2D eigenvalue weighted by Gasteiger charge is 2.23. The molecule has 0 atom stereocenters. The van der Waals surface area contributed by atoms with Gasteiger partial charge in [-0.3, -0.25) is 0 Å². The smallest absolute Gasteiger partial charge is 0.206 e. The Labute approximate surface area is 255 Å². The highest BCUT2D eigenvalue weighted by atomic mass is 32.2. The Morgan fingerprint density at radius 3 is 0.814 bits per heavy atom. The van der Waals surface area contributed by atoms with Crippen LogP contribution in [0.2, 0.25) is 0 Å². The van der Waals surface area contributed by atoms with E-state index in [1.165, 1.54) is 0 Å². The lowest BCUT2D eigenvalue weighted by Crippen LogP contribution is -2.04. The molecule has 2 nitrogen and oxygen atoms in total. The topological polar surface area (TPSA) is 34.1 Å². The molecule has 0 unspecified atom stereocenters. The van der Waals surface area contributed by atoms with Gasteiger partial charge in [-0.2, -0.15) is 0 Å². The first kappa shape index (κ1) is 28.4. The van der Waals surface area contributed by atoms with E-state index in [0.29, 0.717) is 0 Å². The fraction of sp³-hybridized carbons (Fsp3) is 0.100. The molecule has 0 fully saturated rings. The summed E-state index contributed by atoms with van der Waals surface area (Å²) in [6, 6.07) is 44.0. The van der Waals surface area contributed by atoms with Crippen LogP contribution in [0.1, 0.15) is 22.3 Å². The lowest BCUT2D eigenvalue weighted by Gasteiger charge is -2.16. The third-order valence-corrected chi connectivity index (χ3v) is 9.97. The largest absolute Gasteiger partial charge is 0.219 e. The average molecular weight is 579 g/mol. The molecule has 0 radical (unpaired) electrons. The summed E-state index contributed by atoms with van der Waals surface area (Å²) in [6.07, 6.45) is 0. The normalized spacial score (nSPS) is 11.4. The van der Waals surface area contributed by atoms with Crippen molar-refractivity contribution in [3.63, 3.8) is 0 Å². The molecule has 0 saturated carbocycles. The first-order chi connectivity index (χ1) is 20.7. The van der Waals surface area contributed by atoms with Crippen LogP contribution in [0.5, 0.6) is 0 Å². The van der Waals surface area contributed by atoms with Crippen molar-refractivity contribution < 1.29 is 8.42 Å². The molecule has 0 aliphatic rings. The van der Waals surface area contributed by atoms with E-state index in [2.05, 4.69) is 88.4 Å².